The number of unbranched alkanes of at least 4 members (excludes halogenated alkanes) is 1. The number of aromatic carboxylic acids is 1. The van der Waals surface area contributed by atoms with Gasteiger partial charge in [0.05, 0.1) is 23.0 Å². The molecule has 0 spiro atoms. The van der Waals surface area contributed by atoms with Gasteiger partial charge in [0.2, 0.25) is 0 Å². The van der Waals surface area contributed by atoms with E-state index in [0.717, 1.165) is 52.9 Å². The second-order valence-corrected chi connectivity index (χ2v) is 9.03. The third-order valence-corrected chi connectivity index (χ3v) is 6.12. The molecule has 0 amide bonds. The van der Waals surface area contributed by atoms with E-state index in [4.69, 9.17) is 14.8 Å². The van der Waals surface area contributed by atoms with E-state index in [9.17, 15) is 9.59 Å². The lowest BCUT2D eigenvalue weighted by Gasteiger charge is -2.14. The van der Waals surface area contributed by atoms with Crippen LogP contribution < -0.4 is 5.56 Å². The molecule has 0 saturated heterocycles. The summed E-state index contributed by atoms with van der Waals surface area (Å²) in [7, 11) is 0. The topological polar surface area (TPSA) is 81.4 Å². The summed E-state index contributed by atoms with van der Waals surface area (Å²) in [6, 6.07) is 20.4. The van der Waals surface area contributed by atoms with Gasteiger partial charge < -0.3 is 9.84 Å². The molecule has 1 heterocycles. The van der Waals surface area contributed by atoms with E-state index in [0.29, 0.717) is 18.5 Å². The summed E-state index contributed by atoms with van der Waals surface area (Å²) in [5.74, 6) is -0.126. The monoisotopic (exact) mass is 494 g/mol. The summed E-state index contributed by atoms with van der Waals surface area (Å²) in [6.45, 7) is 4.92. The minimum Gasteiger partial charge on any atom is -0.488 e. The lowest BCUT2D eigenvalue weighted by atomic mass is 10.1. The number of rotatable bonds is 10. The predicted molar refractivity (Wildman–Crippen MR) is 146 cm³/mol. The van der Waals surface area contributed by atoms with Gasteiger partial charge in [0.25, 0.3) is 5.56 Å². The molecule has 1 N–H and O–H groups in total. The van der Waals surface area contributed by atoms with Crippen molar-refractivity contribution in [3.63, 3.8) is 0 Å². The molecule has 6 nitrogen and oxygen atoms in total. The van der Waals surface area contributed by atoms with E-state index in [2.05, 4.69) is 12.7 Å². The lowest BCUT2D eigenvalue weighted by Crippen LogP contribution is -2.26. The predicted octanol–water partition coefficient (Wildman–Crippen LogP) is 6.14. The number of carboxylic acids is 1. The standard InChI is InChI=1S/C31H30N2O4/c1-3-4-7-29-32-28-17-8-22(2)19-27(28)30(34)33(29)20-24-11-9-23(10-12-24)6-5-18-37-21-25-13-15-26(16-14-25)31(35)36/h6,8-19H,3-4,7,20-21H2,1-2H3,(H,35,36). The minimum absolute atomic E-state index is 0.00135. The maximum atomic E-state index is 13.4. The molecule has 0 saturated carbocycles. The fraction of sp³-hybridized carbons (Fsp3) is 0.226. The molecule has 0 aliphatic heterocycles. The molecule has 6 heteroatoms. The van der Waals surface area contributed by atoms with E-state index >= 15 is 0 Å². The molecule has 188 valence electrons. The Balaban J connectivity index is 1.44. The van der Waals surface area contributed by atoms with Gasteiger partial charge in [0.1, 0.15) is 18.7 Å². The molecular formula is C31H30N2O4. The number of aryl methyl sites for hydroxylation is 2. The van der Waals surface area contributed by atoms with Crippen LogP contribution in [-0.2, 0) is 24.3 Å². The molecule has 1 aromatic heterocycles. The first kappa shape index (κ1) is 25.7. The van der Waals surface area contributed by atoms with Crippen LogP contribution in [-0.4, -0.2) is 20.6 Å². The van der Waals surface area contributed by atoms with Crippen LogP contribution in [0.25, 0.3) is 17.0 Å². The van der Waals surface area contributed by atoms with Gasteiger partial charge in [0, 0.05) is 6.42 Å². The Morgan fingerprint density at radius 3 is 2.49 bits per heavy atom. The Kier molecular flexibility index (Phi) is 8.34. The van der Waals surface area contributed by atoms with Crippen molar-refractivity contribution in [2.75, 3.05) is 0 Å². The second kappa shape index (κ2) is 12.0. The van der Waals surface area contributed by atoms with Gasteiger partial charge in [-0.3, -0.25) is 9.36 Å². The number of benzene rings is 3. The van der Waals surface area contributed by atoms with Crippen molar-refractivity contribution < 1.29 is 14.6 Å². The van der Waals surface area contributed by atoms with Crippen molar-refractivity contribution in [1.29, 1.82) is 0 Å². The Hall–Kier alpha value is -4.41. The number of carboxylic acid groups (broad SMARTS) is 1. The van der Waals surface area contributed by atoms with Crippen molar-refractivity contribution in [2.45, 2.75) is 46.3 Å². The number of aromatic nitrogens is 2. The number of hydrogen-bond acceptors (Lipinski definition) is 4. The van der Waals surface area contributed by atoms with Gasteiger partial charge in [-0.2, -0.15) is 0 Å². The average Bonchev–Trinajstić information content (AvgIpc) is 2.90. The van der Waals surface area contributed by atoms with Gasteiger partial charge >= 0.3 is 5.97 Å². The van der Waals surface area contributed by atoms with E-state index in [1.807, 2.05) is 55.5 Å². The zero-order valence-electron chi connectivity index (χ0n) is 21.1. The highest BCUT2D eigenvalue weighted by molar-refractivity contribution is 5.87. The molecule has 0 aliphatic carbocycles. The van der Waals surface area contributed by atoms with Crippen LogP contribution in [0.5, 0.6) is 0 Å². The van der Waals surface area contributed by atoms with Gasteiger partial charge in [-0.1, -0.05) is 67.1 Å². The minimum atomic E-state index is -0.950. The van der Waals surface area contributed by atoms with E-state index in [1.165, 1.54) is 6.26 Å². The number of nitrogens with zero attached hydrogens (tertiary/aromatic N) is 2. The second-order valence-electron chi connectivity index (χ2n) is 9.03. The van der Waals surface area contributed by atoms with E-state index < -0.39 is 5.97 Å². The molecule has 0 radical (unpaired) electrons. The van der Waals surface area contributed by atoms with Crippen molar-refractivity contribution in [3.8, 4) is 0 Å². The van der Waals surface area contributed by atoms with Crippen LogP contribution in [0.3, 0.4) is 0 Å². The van der Waals surface area contributed by atoms with Crippen LogP contribution in [0.2, 0.25) is 0 Å². The summed E-state index contributed by atoms with van der Waals surface area (Å²) in [5.41, 5.74) is 7.91. The smallest absolute Gasteiger partial charge is 0.335 e. The summed E-state index contributed by atoms with van der Waals surface area (Å²) >= 11 is 0. The molecule has 0 fully saturated rings. The molecule has 4 aromatic rings. The maximum absolute atomic E-state index is 13.4. The molecule has 37 heavy (non-hydrogen) atoms. The summed E-state index contributed by atoms with van der Waals surface area (Å²) in [6.07, 6.45) is 6.09. The van der Waals surface area contributed by atoms with Crippen LogP contribution in [0.15, 0.2) is 83.5 Å². The van der Waals surface area contributed by atoms with Gasteiger partial charge in [-0.25, -0.2) is 9.78 Å². The third kappa shape index (κ3) is 6.63. The first-order valence-corrected chi connectivity index (χ1v) is 12.4. The Morgan fingerprint density at radius 2 is 1.78 bits per heavy atom. The fourth-order valence-corrected chi connectivity index (χ4v) is 4.03. The Morgan fingerprint density at radius 1 is 1.05 bits per heavy atom. The van der Waals surface area contributed by atoms with Crippen LogP contribution >= 0.6 is 0 Å². The van der Waals surface area contributed by atoms with Crippen LogP contribution in [0.1, 0.15) is 58.2 Å². The Bertz CT molecular complexity index is 1510. The third-order valence-electron chi connectivity index (χ3n) is 6.12. The molecule has 0 aliphatic rings. The van der Waals surface area contributed by atoms with Crippen molar-refractivity contribution >= 4 is 22.9 Å². The quantitative estimate of drug-likeness (QED) is 0.212. The zero-order chi connectivity index (χ0) is 26.2. The molecule has 0 bridgehead atoms. The van der Waals surface area contributed by atoms with Crippen molar-refractivity contribution in [1.82, 2.24) is 9.55 Å². The zero-order valence-corrected chi connectivity index (χ0v) is 21.1. The van der Waals surface area contributed by atoms with E-state index in [1.54, 1.807) is 28.8 Å². The average molecular weight is 495 g/mol. The molecule has 0 atom stereocenters. The van der Waals surface area contributed by atoms with Crippen LogP contribution in [0, 0.1) is 6.92 Å². The number of hydrogen-bond donors (Lipinski definition) is 1. The molecule has 0 unspecified atom stereocenters. The lowest BCUT2D eigenvalue weighted by molar-refractivity contribution is 0.0697. The fourth-order valence-electron chi connectivity index (χ4n) is 4.03. The van der Waals surface area contributed by atoms with Gasteiger partial charge in [-0.05, 0) is 60.4 Å². The number of carbonyl (C=O) groups is 1. The van der Waals surface area contributed by atoms with Gasteiger partial charge in [-0.15, -0.1) is 0 Å². The van der Waals surface area contributed by atoms with Crippen LogP contribution in [0.4, 0.5) is 0 Å². The highest BCUT2D eigenvalue weighted by Crippen LogP contribution is 2.15. The maximum Gasteiger partial charge on any atom is 0.335 e. The van der Waals surface area contributed by atoms with Crippen molar-refractivity contribution in [3.05, 3.63) is 123 Å². The largest absolute Gasteiger partial charge is 0.488 e. The highest BCUT2D eigenvalue weighted by Gasteiger charge is 2.12. The normalized spacial score (nSPS) is 10.6. The number of ether oxygens (including phenoxy) is 1. The first-order valence-electron chi connectivity index (χ1n) is 12.4. The summed E-state index contributed by atoms with van der Waals surface area (Å²) < 4.78 is 7.29. The summed E-state index contributed by atoms with van der Waals surface area (Å²) in [5, 5.41) is 9.61. The SMILES string of the molecule is CCCCc1nc2ccc(C)cc2c(=O)n1Cc1ccc(C=C=COCc2ccc(C(=O)O)cc2)cc1. The highest BCUT2D eigenvalue weighted by atomic mass is 16.5. The number of fused-ring (bicyclic) bond motifs is 1. The molecule has 4 rings (SSSR count). The van der Waals surface area contributed by atoms with E-state index in [-0.39, 0.29) is 11.1 Å². The van der Waals surface area contributed by atoms with Crippen molar-refractivity contribution in [2.24, 2.45) is 0 Å². The molecule has 3 aromatic carbocycles. The molecular weight excluding hydrogens is 464 g/mol. The van der Waals surface area contributed by atoms with Gasteiger partial charge in [0.15, 0.2) is 0 Å². The first-order chi connectivity index (χ1) is 17.9. The Labute approximate surface area is 216 Å². The summed E-state index contributed by atoms with van der Waals surface area (Å²) in [4.78, 5) is 29.1.